The fourth-order valence-electron chi connectivity index (χ4n) is 4.52. The maximum atomic E-state index is 12.9. The van der Waals surface area contributed by atoms with Crippen molar-refractivity contribution in [3.05, 3.63) is 62.9 Å². The second-order valence-corrected chi connectivity index (χ2v) is 9.59. The van der Waals surface area contributed by atoms with Gasteiger partial charge in [-0.1, -0.05) is 6.07 Å². The Morgan fingerprint density at radius 1 is 1.24 bits per heavy atom. The molecule has 1 saturated heterocycles. The minimum atomic E-state index is -0.404. The molecule has 0 spiro atoms. The van der Waals surface area contributed by atoms with Crippen LogP contribution in [-0.2, 0) is 11.3 Å². The summed E-state index contributed by atoms with van der Waals surface area (Å²) < 4.78 is 7.18. The zero-order valence-corrected chi connectivity index (χ0v) is 20.4. The van der Waals surface area contributed by atoms with Crippen LogP contribution in [0.5, 0.6) is 0 Å². The Labute approximate surface area is 201 Å². The van der Waals surface area contributed by atoms with Crippen molar-refractivity contribution in [3.8, 4) is 0 Å². The largest absolute Gasteiger partial charge is 0.462 e. The summed E-state index contributed by atoms with van der Waals surface area (Å²) in [6, 6.07) is 5.97. The molecule has 9 nitrogen and oxygen atoms in total. The molecule has 4 aromatic rings. The first-order chi connectivity index (χ1) is 16.4. The van der Waals surface area contributed by atoms with Gasteiger partial charge in [0.05, 0.1) is 23.7 Å². The van der Waals surface area contributed by atoms with E-state index in [1.165, 1.54) is 11.3 Å². The molecule has 0 unspecified atom stereocenters. The fraction of sp³-hybridized carbons (Fsp3) is 0.417. The van der Waals surface area contributed by atoms with Crippen molar-refractivity contribution in [2.75, 3.05) is 32.8 Å². The van der Waals surface area contributed by atoms with E-state index in [-0.39, 0.29) is 11.6 Å². The number of fused-ring (bicyclic) bond motifs is 2. The third kappa shape index (κ3) is 4.24. The Hall–Kier alpha value is -3.08. The lowest BCUT2D eigenvalue weighted by Crippen LogP contribution is -2.47. The van der Waals surface area contributed by atoms with Crippen molar-refractivity contribution in [2.45, 2.75) is 33.4 Å². The first-order valence-corrected chi connectivity index (χ1v) is 12.4. The van der Waals surface area contributed by atoms with E-state index in [1.54, 1.807) is 13.8 Å². The number of aromatic nitrogens is 4. The molecule has 5 heterocycles. The number of esters is 1. The topological polar surface area (TPSA) is 95.8 Å². The number of aromatic amines is 1. The fourth-order valence-corrected chi connectivity index (χ4v) is 5.61. The normalized spacial score (nSPS) is 16.3. The number of rotatable bonds is 6. The highest BCUT2D eigenvalue weighted by atomic mass is 32.1. The smallest absolute Gasteiger partial charge is 0.348 e. The summed E-state index contributed by atoms with van der Waals surface area (Å²) in [5.41, 5.74) is 2.45. The number of nitrogens with zero attached hydrogens (tertiary/aromatic N) is 5. The molecule has 34 heavy (non-hydrogen) atoms. The number of hydrogen-bond donors (Lipinski definition) is 1. The number of pyridine rings is 1. The van der Waals surface area contributed by atoms with Crippen molar-refractivity contribution >= 4 is 33.2 Å². The number of hydrogen-bond acceptors (Lipinski definition) is 8. The van der Waals surface area contributed by atoms with Crippen LogP contribution in [-0.4, -0.2) is 67.9 Å². The van der Waals surface area contributed by atoms with Crippen LogP contribution in [0.3, 0.4) is 0 Å². The first-order valence-electron chi connectivity index (χ1n) is 11.5. The lowest BCUT2D eigenvalue weighted by molar-refractivity contribution is 0.0531. The molecular weight excluding hydrogens is 452 g/mol. The summed E-state index contributed by atoms with van der Waals surface area (Å²) in [6.07, 6.45) is 4.10. The monoisotopic (exact) mass is 480 g/mol. The molecule has 0 bridgehead atoms. The van der Waals surface area contributed by atoms with Crippen LogP contribution in [0.1, 0.15) is 46.6 Å². The number of imidazole rings is 1. The SMILES string of the molecule is CCOC(=O)c1sc2nc([C@H](C)N3CCN(Cc4cn5ccccc5n4)CC3)[nH]c(=O)c2c1C. The van der Waals surface area contributed by atoms with Crippen LogP contribution < -0.4 is 5.56 Å². The van der Waals surface area contributed by atoms with Gasteiger partial charge in [-0.25, -0.2) is 14.8 Å². The van der Waals surface area contributed by atoms with Gasteiger partial charge in [0.1, 0.15) is 21.2 Å². The van der Waals surface area contributed by atoms with Gasteiger partial charge in [-0.05, 0) is 38.5 Å². The Morgan fingerprint density at radius 3 is 2.76 bits per heavy atom. The van der Waals surface area contributed by atoms with Crippen molar-refractivity contribution in [1.82, 2.24) is 29.2 Å². The van der Waals surface area contributed by atoms with Gasteiger partial charge in [-0.2, -0.15) is 0 Å². The predicted octanol–water partition coefficient (Wildman–Crippen LogP) is 3.00. The molecule has 1 aliphatic rings. The maximum absolute atomic E-state index is 12.9. The Bertz CT molecular complexity index is 1370. The first kappa shape index (κ1) is 22.7. The van der Waals surface area contributed by atoms with Gasteiger partial charge in [-0.3, -0.25) is 14.6 Å². The van der Waals surface area contributed by atoms with E-state index in [1.807, 2.05) is 28.8 Å². The molecule has 4 aromatic heterocycles. The third-order valence-electron chi connectivity index (χ3n) is 6.43. The highest BCUT2D eigenvalue weighted by Crippen LogP contribution is 2.29. The molecule has 10 heteroatoms. The average Bonchev–Trinajstić information content (AvgIpc) is 3.39. The van der Waals surface area contributed by atoms with E-state index in [4.69, 9.17) is 14.7 Å². The predicted molar refractivity (Wildman–Crippen MR) is 131 cm³/mol. The molecule has 1 aliphatic heterocycles. The van der Waals surface area contributed by atoms with E-state index < -0.39 is 5.97 Å². The number of carbonyl (C=O) groups is 1. The van der Waals surface area contributed by atoms with E-state index in [9.17, 15) is 9.59 Å². The summed E-state index contributed by atoms with van der Waals surface area (Å²) in [4.78, 5) is 43.3. The number of thiophene rings is 1. The zero-order valence-electron chi connectivity index (χ0n) is 19.6. The van der Waals surface area contributed by atoms with Gasteiger partial charge in [0.15, 0.2) is 0 Å². The third-order valence-corrected chi connectivity index (χ3v) is 7.60. The summed E-state index contributed by atoms with van der Waals surface area (Å²) >= 11 is 1.23. The van der Waals surface area contributed by atoms with Gasteiger partial charge in [0, 0.05) is 45.1 Å². The summed E-state index contributed by atoms with van der Waals surface area (Å²) in [6.45, 7) is 10.3. The van der Waals surface area contributed by atoms with Gasteiger partial charge >= 0.3 is 5.97 Å². The summed E-state index contributed by atoms with van der Waals surface area (Å²) in [5, 5.41) is 0.473. The number of ether oxygens (including phenoxy) is 1. The Morgan fingerprint density at radius 2 is 2.03 bits per heavy atom. The van der Waals surface area contributed by atoms with Crippen LogP contribution in [0, 0.1) is 6.92 Å². The molecule has 1 fully saturated rings. The van der Waals surface area contributed by atoms with Crippen LogP contribution in [0.2, 0.25) is 0 Å². The van der Waals surface area contributed by atoms with Crippen molar-refractivity contribution in [2.24, 2.45) is 0 Å². The highest BCUT2D eigenvalue weighted by Gasteiger charge is 2.26. The number of aryl methyl sites for hydroxylation is 1. The van der Waals surface area contributed by atoms with Gasteiger partial charge in [0.2, 0.25) is 0 Å². The summed E-state index contributed by atoms with van der Waals surface area (Å²) in [7, 11) is 0. The van der Waals surface area contributed by atoms with Gasteiger partial charge in [-0.15, -0.1) is 11.3 Å². The highest BCUT2D eigenvalue weighted by molar-refractivity contribution is 7.20. The Kier molecular flexibility index (Phi) is 6.20. The second-order valence-electron chi connectivity index (χ2n) is 8.59. The minimum Gasteiger partial charge on any atom is -0.462 e. The Balaban J connectivity index is 1.28. The molecule has 178 valence electrons. The van der Waals surface area contributed by atoms with E-state index in [0.717, 1.165) is 44.1 Å². The number of nitrogens with one attached hydrogen (secondary N) is 1. The molecule has 0 radical (unpaired) electrons. The second kappa shape index (κ2) is 9.28. The number of piperazine rings is 1. The molecular formula is C24H28N6O3S. The standard InChI is InChI=1S/C24H28N6O3S/c1-4-33-24(32)20-15(2)19-22(31)26-21(27-23(19)34-20)16(3)29-11-9-28(10-12-29)13-17-14-30-8-6-5-7-18(30)25-17/h5-8,14,16H,4,9-13H2,1-3H3,(H,26,27,31)/t16-/m0/s1. The molecule has 0 amide bonds. The van der Waals surface area contributed by atoms with Gasteiger partial charge < -0.3 is 14.1 Å². The maximum Gasteiger partial charge on any atom is 0.348 e. The summed E-state index contributed by atoms with van der Waals surface area (Å²) in [5.74, 6) is 0.224. The van der Waals surface area contributed by atoms with E-state index in [0.29, 0.717) is 33.1 Å². The molecule has 0 aromatic carbocycles. The molecule has 0 saturated carbocycles. The minimum absolute atomic E-state index is 0.0390. The van der Waals surface area contributed by atoms with Crippen LogP contribution in [0.15, 0.2) is 35.4 Å². The van der Waals surface area contributed by atoms with Crippen molar-refractivity contribution in [3.63, 3.8) is 0 Å². The average molecular weight is 481 g/mol. The number of carbonyl (C=O) groups excluding carboxylic acids is 1. The quantitative estimate of drug-likeness (QED) is 0.424. The van der Waals surface area contributed by atoms with Gasteiger partial charge in [0.25, 0.3) is 5.56 Å². The molecule has 1 N–H and O–H groups in total. The molecule has 1 atom stereocenters. The van der Waals surface area contributed by atoms with E-state index >= 15 is 0 Å². The number of H-pyrrole nitrogens is 1. The van der Waals surface area contributed by atoms with Crippen LogP contribution in [0.4, 0.5) is 0 Å². The van der Waals surface area contributed by atoms with Crippen LogP contribution in [0.25, 0.3) is 15.9 Å². The van der Waals surface area contributed by atoms with Crippen molar-refractivity contribution < 1.29 is 9.53 Å². The lowest BCUT2D eigenvalue weighted by atomic mass is 10.2. The van der Waals surface area contributed by atoms with E-state index in [2.05, 4.69) is 27.9 Å². The van der Waals surface area contributed by atoms with Crippen LogP contribution >= 0.6 is 11.3 Å². The lowest BCUT2D eigenvalue weighted by Gasteiger charge is -2.37. The molecule has 0 aliphatic carbocycles. The van der Waals surface area contributed by atoms with Crippen molar-refractivity contribution in [1.29, 1.82) is 0 Å². The zero-order chi connectivity index (χ0) is 23.8. The molecule has 5 rings (SSSR count).